The molecule has 0 saturated heterocycles. The van der Waals surface area contributed by atoms with Crippen LogP contribution in [0.2, 0.25) is 0 Å². The highest BCUT2D eigenvalue weighted by Crippen LogP contribution is 2.15. The van der Waals surface area contributed by atoms with Gasteiger partial charge in [-0.25, -0.2) is 9.07 Å². The molecule has 0 bridgehead atoms. The molecular formula is C17H22FN3O2. The zero-order valence-electron chi connectivity index (χ0n) is 13.8. The van der Waals surface area contributed by atoms with Gasteiger partial charge in [-0.15, -0.1) is 0 Å². The first-order valence-corrected chi connectivity index (χ1v) is 7.61. The molecule has 1 aromatic heterocycles. The summed E-state index contributed by atoms with van der Waals surface area (Å²) in [5, 5.41) is 13.9. The predicted molar refractivity (Wildman–Crippen MR) is 86.1 cm³/mol. The fourth-order valence-corrected chi connectivity index (χ4v) is 2.38. The maximum Gasteiger partial charge on any atom is 0.274 e. The summed E-state index contributed by atoms with van der Waals surface area (Å²) in [6.45, 7) is 7.51. The van der Waals surface area contributed by atoms with Gasteiger partial charge in [0, 0.05) is 18.3 Å². The number of aliphatic hydroxyl groups is 1. The molecule has 0 aliphatic rings. The van der Waals surface area contributed by atoms with Crippen LogP contribution in [0.15, 0.2) is 30.3 Å². The lowest BCUT2D eigenvalue weighted by Gasteiger charge is -2.27. The van der Waals surface area contributed by atoms with Gasteiger partial charge in [-0.2, -0.15) is 5.10 Å². The van der Waals surface area contributed by atoms with Crippen molar-refractivity contribution in [1.29, 1.82) is 0 Å². The van der Waals surface area contributed by atoms with Crippen LogP contribution in [0.25, 0.3) is 5.69 Å². The number of halogens is 1. The molecule has 124 valence electrons. The number of carbonyl (C=O) groups is 1. The van der Waals surface area contributed by atoms with Crippen LogP contribution < -0.4 is 0 Å². The van der Waals surface area contributed by atoms with Crippen LogP contribution in [0, 0.1) is 12.7 Å². The van der Waals surface area contributed by atoms with Gasteiger partial charge in [0.1, 0.15) is 5.82 Å². The Bertz CT molecular complexity index is 678. The number of benzene rings is 1. The van der Waals surface area contributed by atoms with Gasteiger partial charge in [0.15, 0.2) is 5.69 Å². The lowest BCUT2D eigenvalue weighted by Crippen LogP contribution is -2.41. The van der Waals surface area contributed by atoms with Gasteiger partial charge in [0.25, 0.3) is 5.91 Å². The van der Waals surface area contributed by atoms with Crippen LogP contribution in [-0.4, -0.2) is 44.4 Å². The van der Waals surface area contributed by atoms with Gasteiger partial charge in [0.2, 0.25) is 0 Å². The van der Waals surface area contributed by atoms with Crippen LogP contribution in [0.3, 0.4) is 0 Å². The molecule has 0 fully saturated rings. The third kappa shape index (κ3) is 3.96. The van der Waals surface area contributed by atoms with Gasteiger partial charge in [-0.1, -0.05) is 0 Å². The van der Waals surface area contributed by atoms with Crippen molar-refractivity contribution in [2.45, 2.75) is 39.8 Å². The lowest BCUT2D eigenvalue weighted by molar-refractivity contribution is 0.0572. The summed E-state index contributed by atoms with van der Waals surface area (Å²) >= 11 is 0. The van der Waals surface area contributed by atoms with Crippen molar-refractivity contribution in [3.05, 3.63) is 47.5 Å². The first-order chi connectivity index (χ1) is 10.8. The Hall–Kier alpha value is -2.21. The van der Waals surface area contributed by atoms with Crippen molar-refractivity contribution in [2.24, 2.45) is 0 Å². The van der Waals surface area contributed by atoms with Crippen molar-refractivity contribution < 1.29 is 14.3 Å². The topological polar surface area (TPSA) is 58.4 Å². The van der Waals surface area contributed by atoms with Gasteiger partial charge < -0.3 is 10.0 Å². The quantitative estimate of drug-likeness (QED) is 0.921. The Kier molecular flexibility index (Phi) is 5.15. The summed E-state index contributed by atoms with van der Waals surface area (Å²) in [6.07, 6.45) is -0.610. The smallest absolute Gasteiger partial charge is 0.274 e. The average Bonchev–Trinajstić information content (AvgIpc) is 2.86. The number of hydrogen-bond acceptors (Lipinski definition) is 3. The summed E-state index contributed by atoms with van der Waals surface area (Å²) < 4.78 is 14.6. The van der Waals surface area contributed by atoms with E-state index in [2.05, 4.69) is 5.10 Å². The van der Waals surface area contributed by atoms with Gasteiger partial charge >= 0.3 is 0 Å². The second-order valence-electron chi connectivity index (χ2n) is 5.96. The Morgan fingerprint density at radius 3 is 2.43 bits per heavy atom. The highest BCUT2D eigenvalue weighted by molar-refractivity contribution is 5.92. The van der Waals surface area contributed by atoms with E-state index in [4.69, 9.17) is 0 Å². The van der Waals surface area contributed by atoms with E-state index in [0.717, 1.165) is 5.69 Å². The minimum atomic E-state index is -0.610. The number of rotatable bonds is 5. The fraction of sp³-hybridized carbons (Fsp3) is 0.412. The van der Waals surface area contributed by atoms with Gasteiger partial charge in [-0.05, 0) is 58.0 Å². The van der Waals surface area contributed by atoms with Crippen molar-refractivity contribution in [3.8, 4) is 5.69 Å². The first-order valence-electron chi connectivity index (χ1n) is 7.61. The molecule has 0 aliphatic carbocycles. The van der Waals surface area contributed by atoms with E-state index in [0.29, 0.717) is 11.4 Å². The van der Waals surface area contributed by atoms with Crippen LogP contribution >= 0.6 is 0 Å². The number of aromatic nitrogens is 2. The van der Waals surface area contributed by atoms with E-state index >= 15 is 0 Å². The Balaban J connectivity index is 2.32. The summed E-state index contributed by atoms with van der Waals surface area (Å²) in [5.41, 5.74) is 1.77. The minimum Gasteiger partial charge on any atom is -0.392 e. The number of hydrogen-bond donors (Lipinski definition) is 1. The van der Waals surface area contributed by atoms with Gasteiger partial charge in [-0.3, -0.25) is 4.79 Å². The number of aliphatic hydroxyl groups excluding tert-OH is 1. The largest absolute Gasteiger partial charge is 0.392 e. The van der Waals surface area contributed by atoms with E-state index in [-0.39, 0.29) is 24.3 Å². The molecule has 2 aromatic rings. The molecule has 1 atom stereocenters. The van der Waals surface area contributed by atoms with E-state index in [1.165, 1.54) is 12.1 Å². The van der Waals surface area contributed by atoms with Crippen LogP contribution in [-0.2, 0) is 0 Å². The molecule has 1 amide bonds. The molecule has 2 rings (SSSR count). The monoisotopic (exact) mass is 319 g/mol. The SMILES string of the molecule is Cc1cc(C(=O)N(CC(C)O)C(C)C)nn1-c1ccc(F)cc1. The zero-order chi connectivity index (χ0) is 17.1. The highest BCUT2D eigenvalue weighted by atomic mass is 19.1. The molecule has 0 radical (unpaired) electrons. The molecule has 1 aromatic carbocycles. The molecule has 1 unspecified atom stereocenters. The Labute approximate surface area is 135 Å². The van der Waals surface area contributed by atoms with Crippen molar-refractivity contribution in [1.82, 2.24) is 14.7 Å². The highest BCUT2D eigenvalue weighted by Gasteiger charge is 2.23. The van der Waals surface area contributed by atoms with E-state index in [1.54, 1.807) is 34.7 Å². The van der Waals surface area contributed by atoms with Crippen molar-refractivity contribution in [3.63, 3.8) is 0 Å². The molecule has 6 heteroatoms. The van der Waals surface area contributed by atoms with Crippen LogP contribution in [0.1, 0.15) is 37.0 Å². The normalized spacial score (nSPS) is 12.5. The van der Waals surface area contributed by atoms with Crippen LogP contribution in [0.4, 0.5) is 4.39 Å². The summed E-state index contributed by atoms with van der Waals surface area (Å²) in [5.74, 6) is -0.553. The molecule has 1 N–H and O–H groups in total. The number of aryl methyl sites for hydroxylation is 1. The summed E-state index contributed by atoms with van der Waals surface area (Å²) in [4.78, 5) is 14.2. The average molecular weight is 319 g/mol. The number of nitrogens with zero attached hydrogens (tertiary/aromatic N) is 3. The molecule has 0 spiro atoms. The molecule has 23 heavy (non-hydrogen) atoms. The fourth-order valence-electron chi connectivity index (χ4n) is 2.38. The lowest BCUT2D eigenvalue weighted by atomic mass is 10.2. The Morgan fingerprint density at radius 1 is 1.30 bits per heavy atom. The maximum atomic E-state index is 13.0. The molecular weight excluding hydrogens is 297 g/mol. The maximum absolute atomic E-state index is 13.0. The second-order valence-corrected chi connectivity index (χ2v) is 5.96. The second kappa shape index (κ2) is 6.91. The van der Waals surface area contributed by atoms with Crippen molar-refractivity contribution in [2.75, 3.05) is 6.54 Å². The first kappa shape index (κ1) is 17.1. The van der Waals surface area contributed by atoms with E-state index in [9.17, 15) is 14.3 Å². The van der Waals surface area contributed by atoms with Crippen molar-refractivity contribution >= 4 is 5.91 Å². The third-order valence-electron chi connectivity index (χ3n) is 3.52. The molecule has 0 saturated carbocycles. The van der Waals surface area contributed by atoms with E-state index in [1.807, 2.05) is 20.8 Å². The zero-order valence-corrected chi connectivity index (χ0v) is 13.8. The number of amides is 1. The minimum absolute atomic E-state index is 0.0478. The van der Waals surface area contributed by atoms with E-state index < -0.39 is 6.10 Å². The molecule has 1 heterocycles. The van der Waals surface area contributed by atoms with Gasteiger partial charge in [0.05, 0.1) is 11.8 Å². The van der Waals surface area contributed by atoms with Crippen LogP contribution in [0.5, 0.6) is 0 Å². The third-order valence-corrected chi connectivity index (χ3v) is 3.52. The Morgan fingerprint density at radius 2 is 1.91 bits per heavy atom. The molecule has 0 aliphatic heterocycles. The standard InChI is InChI=1S/C17H22FN3O2/c1-11(2)20(10-13(4)22)17(23)16-9-12(3)21(19-16)15-7-5-14(18)6-8-15/h5-9,11,13,22H,10H2,1-4H3. The predicted octanol–water partition coefficient (Wildman–Crippen LogP) is 2.55. The summed E-state index contributed by atoms with van der Waals surface area (Å²) in [6, 6.07) is 7.58. The number of carbonyl (C=O) groups excluding carboxylic acids is 1. The summed E-state index contributed by atoms with van der Waals surface area (Å²) in [7, 11) is 0. The molecule has 5 nitrogen and oxygen atoms in total.